The van der Waals surface area contributed by atoms with Gasteiger partial charge in [-0.05, 0) is 170 Å². The Hall–Kier alpha value is -7.74. The maximum atomic E-state index is 2.50. The van der Waals surface area contributed by atoms with E-state index in [4.69, 9.17) is 0 Å². The van der Waals surface area contributed by atoms with Crippen molar-refractivity contribution in [2.24, 2.45) is 0 Å². The molecule has 0 unspecified atom stereocenters. The molecule has 0 radical (unpaired) electrons. The van der Waals surface area contributed by atoms with Crippen LogP contribution in [-0.4, -0.2) is 0 Å². The second kappa shape index (κ2) is 17.7. The van der Waals surface area contributed by atoms with Crippen LogP contribution in [0.5, 0.6) is 0 Å². The molecular formula is C68H55N. The number of nitrogens with zero attached hydrogens (tertiary/aromatic N) is 1. The zero-order valence-electron chi connectivity index (χ0n) is 39.2. The van der Waals surface area contributed by atoms with Crippen LogP contribution >= 0.6 is 0 Å². The maximum Gasteiger partial charge on any atom is 0.0619 e. The highest BCUT2D eigenvalue weighted by molar-refractivity contribution is 6.43. The Morgan fingerprint density at radius 2 is 0.797 bits per heavy atom. The van der Waals surface area contributed by atoms with E-state index in [-0.39, 0.29) is 0 Å². The summed E-state index contributed by atoms with van der Waals surface area (Å²) in [6, 6.07) is 73.0. The standard InChI is InChI=1S/C68H55N/c1-4-16-46(17-5-1)42-48-30-36-51(37-31-48)63(52-38-32-49(33-39-52)43-47-18-6-2-7-19-47)44-50-34-40-56(41-35-50)69(55-22-8-3-9-23-55)68-59-26-13-12-25-58(59)66-60-27-14-21-54-45-53-20-10-11-24-57(53)65(64(54)60)61-28-15-29-62(68)67(61)66/h3,8-15,20-45H,1-2,4-7,16-19H2. The maximum absolute atomic E-state index is 2.50. The second-order valence-corrected chi connectivity index (χ2v) is 19.7. The summed E-state index contributed by atoms with van der Waals surface area (Å²) in [7, 11) is 0. The van der Waals surface area contributed by atoms with Crippen LogP contribution in [0, 0.1) is 0 Å². The molecule has 0 aromatic heterocycles. The molecule has 69 heavy (non-hydrogen) atoms. The second-order valence-electron chi connectivity index (χ2n) is 19.7. The van der Waals surface area contributed by atoms with Gasteiger partial charge in [0.2, 0.25) is 0 Å². The Bertz CT molecular complexity index is 3700. The van der Waals surface area contributed by atoms with E-state index in [2.05, 4.69) is 217 Å². The highest BCUT2D eigenvalue weighted by atomic mass is 15.1. The van der Waals surface area contributed by atoms with Crippen molar-refractivity contribution in [1.29, 1.82) is 0 Å². The number of anilines is 3. The summed E-state index contributed by atoms with van der Waals surface area (Å²) < 4.78 is 0. The van der Waals surface area contributed by atoms with Crippen LogP contribution in [0.2, 0.25) is 0 Å². The summed E-state index contributed by atoms with van der Waals surface area (Å²) in [5.74, 6) is 0. The molecule has 0 saturated heterocycles. The lowest BCUT2D eigenvalue weighted by Gasteiger charge is -2.30. The molecule has 1 nitrogen and oxygen atoms in total. The van der Waals surface area contributed by atoms with Gasteiger partial charge in [0.1, 0.15) is 0 Å². The Balaban J connectivity index is 0.970. The minimum absolute atomic E-state index is 1.12. The van der Waals surface area contributed by atoms with Crippen molar-refractivity contribution in [3.63, 3.8) is 0 Å². The van der Waals surface area contributed by atoms with Gasteiger partial charge in [0.15, 0.2) is 0 Å². The highest BCUT2D eigenvalue weighted by Crippen LogP contribution is 2.52. The molecule has 0 N–H and O–H groups in total. The number of hydrogen-bond donors (Lipinski definition) is 0. The summed E-state index contributed by atoms with van der Waals surface area (Å²) >= 11 is 0. The van der Waals surface area contributed by atoms with Crippen molar-refractivity contribution < 1.29 is 0 Å². The van der Waals surface area contributed by atoms with Gasteiger partial charge in [-0.3, -0.25) is 0 Å². The number of fused-ring (bicyclic) bond motifs is 6. The van der Waals surface area contributed by atoms with Gasteiger partial charge < -0.3 is 4.90 Å². The van der Waals surface area contributed by atoms with E-state index in [0.717, 1.165) is 11.4 Å². The van der Waals surface area contributed by atoms with E-state index in [1.807, 2.05) is 0 Å². The molecule has 0 aliphatic heterocycles. The summed E-state index contributed by atoms with van der Waals surface area (Å²) in [5, 5.41) is 15.5. The molecule has 332 valence electrons. The largest absolute Gasteiger partial charge is 0.309 e. The molecule has 0 amide bonds. The van der Waals surface area contributed by atoms with E-state index in [0.29, 0.717) is 0 Å². The molecule has 1 heteroatoms. The van der Waals surface area contributed by atoms with Crippen molar-refractivity contribution >= 4 is 105 Å². The first-order valence-electron chi connectivity index (χ1n) is 25.4. The average Bonchev–Trinajstić information content (AvgIpc) is 3.41. The molecule has 0 bridgehead atoms. The Labute approximate surface area is 405 Å². The SMILES string of the molecule is C(=C1CCCCC1)c1ccc(C(=Cc2ccc(N(c3ccccc3)c3c4ccccc4c4c5cccc6cc7ccccc7c(c7cccc3c74)c65)cc2)c2ccc(C=C3CCCCC3)cc2)cc1. The third kappa shape index (κ3) is 7.58. The fourth-order valence-corrected chi connectivity index (χ4v) is 12.0. The van der Waals surface area contributed by atoms with Crippen LogP contribution in [0.3, 0.4) is 0 Å². The van der Waals surface area contributed by atoms with Gasteiger partial charge in [0.25, 0.3) is 0 Å². The molecule has 2 saturated carbocycles. The summed E-state index contributed by atoms with van der Waals surface area (Å²) in [6.45, 7) is 0. The average molecular weight is 886 g/mol. The van der Waals surface area contributed by atoms with Crippen LogP contribution < -0.4 is 4.90 Å². The van der Waals surface area contributed by atoms with Gasteiger partial charge in [-0.2, -0.15) is 0 Å². The Kier molecular flexibility index (Phi) is 10.6. The molecule has 11 aromatic rings. The first-order chi connectivity index (χ1) is 34.2. The summed E-state index contributed by atoms with van der Waals surface area (Å²) in [5.41, 5.74) is 14.1. The first kappa shape index (κ1) is 41.4. The molecule has 0 atom stereocenters. The number of rotatable bonds is 8. The lowest BCUT2D eigenvalue weighted by molar-refractivity contribution is 0.602. The van der Waals surface area contributed by atoms with Crippen molar-refractivity contribution in [2.45, 2.75) is 64.2 Å². The number of para-hydroxylation sites is 1. The van der Waals surface area contributed by atoms with Crippen LogP contribution in [0.1, 0.15) is 92.0 Å². The minimum atomic E-state index is 1.12. The summed E-state index contributed by atoms with van der Waals surface area (Å²) in [4.78, 5) is 2.50. The monoisotopic (exact) mass is 885 g/mol. The van der Waals surface area contributed by atoms with Crippen LogP contribution in [0.15, 0.2) is 205 Å². The predicted molar refractivity (Wildman–Crippen MR) is 299 cm³/mol. The van der Waals surface area contributed by atoms with Crippen molar-refractivity contribution in [3.05, 3.63) is 233 Å². The van der Waals surface area contributed by atoms with Gasteiger partial charge in [-0.1, -0.05) is 200 Å². The van der Waals surface area contributed by atoms with Crippen LogP contribution in [0.25, 0.3) is 88.4 Å². The van der Waals surface area contributed by atoms with Crippen molar-refractivity contribution in [3.8, 4) is 0 Å². The molecule has 2 fully saturated rings. The van der Waals surface area contributed by atoms with Crippen LogP contribution in [-0.2, 0) is 0 Å². The quantitative estimate of drug-likeness (QED) is 0.0835. The molecule has 13 rings (SSSR count). The van der Waals surface area contributed by atoms with E-state index in [9.17, 15) is 0 Å². The normalized spacial score (nSPS) is 14.3. The van der Waals surface area contributed by atoms with Gasteiger partial charge in [-0.15, -0.1) is 0 Å². The lowest BCUT2D eigenvalue weighted by atomic mass is 9.84. The number of hydrogen-bond acceptors (Lipinski definition) is 1. The first-order valence-corrected chi connectivity index (χ1v) is 25.4. The number of allylic oxidation sites excluding steroid dienone is 2. The molecular weight excluding hydrogens is 831 g/mol. The zero-order chi connectivity index (χ0) is 45.7. The van der Waals surface area contributed by atoms with E-state index in [1.54, 1.807) is 11.1 Å². The van der Waals surface area contributed by atoms with Gasteiger partial charge in [0.05, 0.1) is 5.69 Å². The van der Waals surface area contributed by atoms with Crippen LogP contribution in [0.4, 0.5) is 17.1 Å². The molecule has 2 aliphatic carbocycles. The Morgan fingerprint density at radius 1 is 0.333 bits per heavy atom. The third-order valence-electron chi connectivity index (χ3n) is 15.3. The van der Waals surface area contributed by atoms with Gasteiger partial charge in [0, 0.05) is 27.5 Å². The van der Waals surface area contributed by atoms with Crippen molar-refractivity contribution in [1.82, 2.24) is 0 Å². The zero-order valence-corrected chi connectivity index (χ0v) is 39.2. The van der Waals surface area contributed by atoms with E-state index in [1.165, 1.54) is 168 Å². The van der Waals surface area contributed by atoms with E-state index >= 15 is 0 Å². The highest BCUT2D eigenvalue weighted by Gasteiger charge is 2.24. The molecule has 0 heterocycles. The van der Waals surface area contributed by atoms with Gasteiger partial charge in [-0.25, -0.2) is 0 Å². The fourth-order valence-electron chi connectivity index (χ4n) is 12.0. The molecule has 0 spiro atoms. The third-order valence-corrected chi connectivity index (χ3v) is 15.3. The van der Waals surface area contributed by atoms with Crippen molar-refractivity contribution in [2.75, 3.05) is 4.90 Å². The Morgan fingerprint density at radius 3 is 1.45 bits per heavy atom. The predicted octanol–water partition coefficient (Wildman–Crippen LogP) is 19.8. The topological polar surface area (TPSA) is 3.24 Å². The smallest absolute Gasteiger partial charge is 0.0619 e. The summed E-state index contributed by atoms with van der Waals surface area (Å²) in [6.07, 6.45) is 20.2. The fraction of sp³-hybridized carbons (Fsp3) is 0.147. The van der Waals surface area contributed by atoms with Gasteiger partial charge >= 0.3 is 0 Å². The minimum Gasteiger partial charge on any atom is -0.309 e. The van der Waals surface area contributed by atoms with E-state index < -0.39 is 0 Å². The lowest BCUT2D eigenvalue weighted by Crippen LogP contribution is -2.11. The molecule has 2 aliphatic rings. The number of benzene rings is 11. The molecule has 11 aromatic carbocycles.